The van der Waals surface area contributed by atoms with Crippen molar-refractivity contribution in [2.75, 3.05) is 25.6 Å². The summed E-state index contributed by atoms with van der Waals surface area (Å²) in [5.74, 6) is 0.317. The number of hydrogen-bond donors (Lipinski definition) is 2. The van der Waals surface area contributed by atoms with Gasteiger partial charge in [0.15, 0.2) is 5.65 Å². The normalized spacial score (nSPS) is 22.5. The van der Waals surface area contributed by atoms with E-state index in [1.807, 2.05) is 18.2 Å². The molecule has 9 nitrogen and oxygen atoms in total. The monoisotopic (exact) mass is 435 g/mol. The molecule has 1 amide bonds. The van der Waals surface area contributed by atoms with Gasteiger partial charge in [-0.1, -0.05) is 0 Å². The molecule has 3 atom stereocenters. The zero-order chi connectivity index (χ0) is 21.8. The molecule has 4 aromatic heterocycles. The highest BCUT2D eigenvalue weighted by atomic mass is 19.1. The maximum atomic E-state index is 13.3. The van der Waals surface area contributed by atoms with E-state index in [2.05, 4.69) is 31.5 Å². The molecule has 0 radical (unpaired) electrons. The molecule has 1 aliphatic heterocycles. The van der Waals surface area contributed by atoms with Gasteiger partial charge in [0.25, 0.3) is 5.91 Å². The van der Waals surface area contributed by atoms with Gasteiger partial charge in [-0.25, -0.2) is 14.4 Å². The molecular weight excluding hydrogens is 413 g/mol. The van der Waals surface area contributed by atoms with E-state index in [9.17, 15) is 9.18 Å². The number of ether oxygens (including phenoxy) is 1. The molecule has 2 N–H and O–H groups in total. The Morgan fingerprint density at radius 2 is 2.22 bits per heavy atom. The van der Waals surface area contributed by atoms with Crippen LogP contribution in [0.3, 0.4) is 0 Å². The van der Waals surface area contributed by atoms with E-state index < -0.39 is 12.2 Å². The van der Waals surface area contributed by atoms with Crippen molar-refractivity contribution in [3.05, 3.63) is 42.4 Å². The minimum atomic E-state index is -0.977. The fourth-order valence-electron chi connectivity index (χ4n) is 4.31. The van der Waals surface area contributed by atoms with E-state index in [0.29, 0.717) is 35.8 Å². The van der Waals surface area contributed by atoms with Crippen molar-refractivity contribution in [2.45, 2.75) is 31.1 Å². The first-order valence-corrected chi connectivity index (χ1v) is 10.7. The Bertz CT molecular complexity index is 1340. The van der Waals surface area contributed by atoms with Gasteiger partial charge in [-0.3, -0.25) is 4.79 Å². The van der Waals surface area contributed by atoms with Crippen LogP contribution >= 0.6 is 0 Å². The second kappa shape index (κ2) is 7.27. The smallest absolute Gasteiger partial charge is 0.257 e. The molecule has 2 fully saturated rings. The molecule has 2 aliphatic rings. The number of carbonyl (C=O) groups is 1. The molecule has 164 valence electrons. The van der Waals surface area contributed by atoms with Crippen LogP contribution in [0.4, 0.5) is 10.2 Å². The third-order valence-electron chi connectivity index (χ3n) is 6.17. The molecule has 0 aromatic carbocycles. The second-order valence-corrected chi connectivity index (χ2v) is 8.24. The van der Waals surface area contributed by atoms with Crippen LogP contribution in [0.2, 0.25) is 0 Å². The van der Waals surface area contributed by atoms with E-state index in [-0.39, 0.29) is 11.9 Å². The lowest BCUT2D eigenvalue weighted by Gasteiger charge is -2.10. The number of anilines is 1. The van der Waals surface area contributed by atoms with Gasteiger partial charge in [-0.2, -0.15) is 9.61 Å². The van der Waals surface area contributed by atoms with Crippen LogP contribution in [0.1, 0.15) is 29.2 Å². The highest BCUT2D eigenvalue weighted by Crippen LogP contribution is 2.34. The largest absolute Gasteiger partial charge is 0.379 e. The van der Waals surface area contributed by atoms with E-state index in [0.717, 1.165) is 29.6 Å². The number of nitrogens with zero attached hydrogens (tertiary/aromatic N) is 5. The highest BCUT2D eigenvalue weighted by molar-refractivity contribution is 6.01. The van der Waals surface area contributed by atoms with E-state index >= 15 is 0 Å². The van der Waals surface area contributed by atoms with Crippen molar-refractivity contribution in [3.8, 4) is 11.3 Å². The van der Waals surface area contributed by atoms with Crippen molar-refractivity contribution in [1.29, 1.82) is 0 Å². The number of carbonyl (C=O) groups excluding carboxylic acids is 1. The molecule has 32 heavy (non-hydrogen) atoms. The Balaban J connectivity index is 1.50. The number of rotatable bonds is 5. The summed E-state index contributed by atoms with van der Waals surface area (Å²) in [6, 6.07) is 5.61. The first-order valence-electron chi connectivity index (χ1n) is 10.7. The van der Waals surface area contributed by atoms with Gasteiger partial charge in [0.2, 0.25) is 0 Å². The summed E-state index contributed by atoms with van der Waals surface area (Å²) >= 11 is 0. The fraction of sp³-hybridized carbons (Fsp3) is 0.364. The molecule has 10 heteroatoms. The van der Waals surface area contributed by atoms with Gasteiger partial charge in [0.05, 0.1) is 30.6 Å². The number of fused-ring (bicyclic) bond motifs is 2. The lowest BCUT2D eigenvalue weighted by atomic mass is 10.1. The Morgan fingerprint density at radius 3 is 2.97 bits per heavy atom. The van der Waals surface area contributed by atoms with Gasteiger partial charge in [-0.15, -0.1) is 0 Å². The highest BCUT2D eigenvalue weighted by Gasteiger charge is 2.39. The topological polar surface area (TPSA) is 98.4 Å². The maximum absolute atomic E-state index is 13.3. The zero-order valence-corrected chi connectivity index (χ0v) is 17.5. The predicted molar refractivity (Wildman–Crippen MR) is 117 cm³/mol. The summed E-state index contributed by atoms with van der Waals surface area (Å²) in [4.78, 5) is 22.1. The average molecular weight is 435 g/mol. The summed E-state index contributed by atoms with van der Waals surface area (Å²) in [6.45, 7) is 1.38. The van der Waals surface area contributed by atoms with Crippen LogP contribution in [0, 0.1) is 0 Å². The molecular formula is C22H22FN7O2. The van der Waals surface area contributed by atoms with E-state index in [4.69, 9.17) is 9.72 Å². The van der Waals surface area contributed by atoms with E-state index in [1.54, 1.807) is 17.8 Å². The van der Waals surface area contributed by atoms with Crippen LogP contribution in [0.15, 0.2) is 36.8 Å². The molecule has 5 heterocycles. The quantitative estimate of drug-likeness (QED) is 0.500. The zero-order valence-electron chi connectivity index (χ0n) is 17.5. The summed E-state index contributed by atoms with van der Waals surface area (Å²) < 4.78 is 22.6. The van der Waals surface area contributed by atoms with Gasteiger partial charge in [0, 0.05) is 49.5 Å². The van der Waals surface area contributed by atoms with Crippen LogP contribution in [-0.4, -0.2) is 62.5 Å². The minimum absolute atomic E-state index is 0.220. The molecule has 1 saturated carbocycles. The predicted octanol–water partition coefficient (Wildman–Crippen LogP) is 2.59. The Labute approximate surface area is 182 Å². The molecule has 4 aromatic rings. The third kappa shape index (κ3) is 3.01. The maximum Gasteiger partial charge on any atom is 0.257 e. The van der Waals surface area contributed by atoms with Crippen molar-refractivity contribution in [1.82, 2.24) is 29.5 Å². The van der Waals surface area contributed by atoms with Gasteiger partial charge in [0.1, 0.15) is 23.2 Å². The Kier molecular flexibility index (Phi) is 4.35. The first kappa shape index (κ1) is 19.2. The number of halogens is 1. The first-order chi connectivity index (χ1) is 15.6. The van der Waals surface area contributed by atoms with Crippen LogP contribution < -0.4 is 10.6 Å². The molecule has 0 spiro atoms. The molecule has 6 rings (SSSR count). The lowest BCUT2D eigenvalue weighted by Crippen LogP contribution is -2.27. The number of hydrogen-bond acceptors (Lipinski definition) is 6. The van der Waals surface area contributed by atoms with Crippen LogP contribution in [-0.2, 0) is 4.74 Å². The van der Waals surface area contributed by atoms with Crippen molar-refractivity contribution in [3.63, 3.8) is 0 Å². The number of pyridine rings is 1. The second-order valence-electron chi connectivity index (χ2n) is 8.24. The molecule has 1 aliphatic carbocycles. The van der Waals surface area contributed by atoms with Crippen LogP contribution in [0.5, 0.6) is 0 Å². The van der Waals surface area contributed by atoms with Gasteiger partial charge >= 0.3 is 0 Å². The summed E-state index contributed by atoms with van der Waals surface area (Å²) in [7, 11) is 1.79. The lowest BCUT2D eigenvalue weighted by molar-refractivity contribution is 0.0949. The SMILES string of the molecule is CNc1cc(-c2cn(C3CCOC3)c3ncccc23)nc2c(C(=O)NC3CC3F)cnn12. The Morgan fingerprint density at radius 1 is 1.34 bits per heavy atom. The van der Waals surface area contributed by atoms with E-state index in [1.165, 1.54) is 6.20 Å². The minimum Gasteiger partial charge on any atom is -0.379 e. The Hall–Kier alpha value is -3.53. The molecule has 1 saturated heterocycles. The number of nitrogens with one attached hydrogen (secondary N) is 2. The standard InChI is InChI=1S/C22H22FN7O2/c1-24-19-8-17(27-21-14(9-26-30(19)21)22(31)28-18-7-16(18)23)15-10-29(12-4-6-32-11-12)20-13(15)3-2-5-25-20/h2-3,5,8-10,12,16,18,24H,4,6-7,11H2,1H3,(H,28,31). The van der Waals surface area contributed by atoms with Gasteiger partial charge in [-0.05, 0) is 18.6 Å². The summed E-state index contributed by atoms with van der Waals surface area (Å²) in [5.41, 5.74) is 3.21. The van der Waals surface area contributed by atoms with Crippen LogP contribution in [0.25, 0.3) is 27.9 Å². The number of amides is 1. The third-order valence-corrected chi connectivity index (χ3v) is 6.17. The fourth-order valence-corrected chi connectivity index (χ4v) is 4.31. The summed E-state index contributed by atoms with van der Waals surface area (Å²) in [6.07, 6.45) is 5.61. The molecule has 0 bridgehead atoms. The number of aromatic nitrogens is 5. The summed E-state index contributed by atoms with van der Waals surface area (Å²) in [5, 5.41) is 11.1. The van der Waals surface area contributed by atoms with Gasteiger partial charge < -0.3 is 19.9 Å². The van der Waals surface area contributed by atoms with Crippen molar-refractivity contribution in [2.24, 2.45) is 0 Å². The molecule has 3 unspecified atom stereocenters. The number of alkyl halides is 1. The van der Waals surface area contributed by atoms with Crippen molar-refractivity contribution >= 4 is 28.4 Å². The average Bonchev–Trinajstić information content (AvgIpc) is 3.26. The van der Waals surface area contributed by atoms with Crippen molar-refractivity contribution < 1.29 is 13.9 Å².